The molecule has 155 valence electrons. The van der Waals surface area contributed by atoms with Crippen molar-refractivity contribution in [2.45, 2.75) is 33.2 Å². The van der Waals surface area contributed by atoms with E-state index in [-0.39, 0.29) is 29.6 Å². The molecule has 7 nitrogen and oxygen atoms in total. The van der Waals surface area contributed by atoms with Crippen molar-refractivity contribution in [2.75, 3.05) is 0 Å². The smallest absolute Gasteiger partial charge is 0.205 e. The van der Waals surface area contributed by atoms with Gasteiger partial charge in [0.2, 0.25) is 5.82 Å². The molecular formula is C24H23N7Na. The second-order valence-corrected chi connectivity index (χ2v) is 7.64. The topological polar surface area (TPSA) is 85.2 Å². The Hall–Kier alpha value is -2.87. The van der Waals surface area contributed by atoms with Crippen LogP contribution in [0.1, 0.15) is 30.3 Å². The van der Waals surface area contributed by atoms with Gasteiger partial charge in [-0.3, -0.25) is 0 Å². The molecule has 0 aliphatic carbocycles. The molecule has 3 aromatic heterocycles. The summed E-state index contributed by atoms with van der Waals surface area (Å²) in [6, 6.07) is 18.7. The number of aromatic nitrogens is 7. The first-order valence-corrected chi connectivity index (χ1v) is 10.5. The average Bonchev–Trinajstić information content (AvgIpc) is 3.45. The van der Waals surface area contributed by atoms with E-state index in [2.05, 4.69) is 74.4 Å². The van der Waals surface area contributed by atoms with Gasteiger partial charge in [0.05, 0.1) is 6.54 Å². The summed E-state index contributed by atoms with van der Waals surface area (Å²) in [7, 11) is 0. The number of benzene rings is 2. The van der Waals surface area contributed by atoms with E-state index >= 15 is 0 Å². The van der Waals surface area contributed by atoms with Crippen LogP contribution < -0.4 is 0 Å². The van der Waals surface area contributed by atoms with Gasteiger partial charge in [-0.05, 0) is 46.9 Å². The van der Waals surface area contributed by atoms with Gasteiger partial charge in [0.15, 0.2) is 5.65 Å². The molecule has 1 radical (unpaired) electrons. The molecular weight excluding hydrogens is 409 g/mol. The molecule has 0 aliphatic heterocycles. The fourth-order valence-electron chi connectivity index (χ4n) is 3.94. The van der Waals surface area contributed by atoms with Crippen LogP contribution in [0.2, 0.25) is 0 Å². The van der Waals surface area contributed by atoms with Crippen molar-refractivity contribution in [2.24, 2.45) is 0 Å². The third-order valence-electron chi connectivity index (χ3n) is 5.51. The minimum absolute atomic E-state index is 0. The standard InChI is InChI=1S/C24H23N7.Na/c1-3-6-21-26-22-16(2)13-14-25-24(22)31(21)15-17-9-11-18(12-10-17)19-7-4-5-8-20(19)23-27-29-30-28-23;/h4-5,7-14H,3,6,15H2,1-2H3,(H,27,28,29,30);. The van der Waals surface area contributed by atoms with Gasteiger partial charge in [0.25, 0.3) is 0 Å². The van der Waals surface area contributed by atoms with E-state index in [4.69, 9.17) is 4.98 Å². The fraction of sp³-hybridized carbons (Fsp3) is 0.208. The van der Waals surface area contributed by atoms with Crippen molar-refractivity contribution < 1.29 is 0 Å². The van der Waals surface area contributed by atoms with Crippen LogP contribution in [0.25, 0.3) is 33.7 Å². The zero-order valence-corrected chi connectivity index (χ0v) is 20.6. The van der Waals surface area contributed by atoms with Crippen LogP contribution in [-0.4, -0.2) is 64.7 Å². The van der Waals surface area contributed by atoms with E-state index < -0.39 is 0 Å². The zero-order valence-electron chi connectivity index (χ0n) is 18.6. The number of fused-ring (bicyclic) bond motifs is 1. The monoisotopic (exact) mass is 432 g/mol. The second-order valence-electron chi connectivity index (χ2n) is 7.64. The van der Waals surface area contributed by atoms with Gasteiger partial charge in [-0.1, -0.05) is 55.5 Å². The molecule has 3 heterocycles. The normalized spacial score (nSPS) is 10.9. The van der Waals surface area contributed by atoms with E-state index in [0.717, 1.165) is 58.6 Å². The number of hydrogen-bond donors (Lipinski definition) is 1. The molecule has 0 spiro atoms. The third-order valence-corrected chi connectivity index (χ3v) is 5.51. The predicted molar refractivity (Wildman–Crippen MR) is 126 cm³/mol. The van der Waals surface area contributed by atoms with Crippen LogP contribution in [0.15, 0.2) is 60.8 Å². The first kappa shape index (κ1) is 22.3. The number of pyridine rings is 1. The van der Waals surface area contributed by atoms with Gasteiger partial charge in [0, 0.05) is 47.7 Å². The predicted octanol–water partition coefficient (Wildman–Crippen LogP) is 4.21. The Bertz CT molecular complexity index is 1320. The van der Waals surface area contributed by atoms with Gasteiger partial charge in [-0.25, -0.2) is 9.97 Å². The number of hydrogen-bond acceptors (Lipinski definition) is 5. The van der Waals surface area contributed by atoms with E-state index in [1.807, 2.05) is 30.5 Å². The summed E-state index contributed by atoms with van der Waals surface area (Å²) in [5.74, 6) is 1.68. The summed E-state index contributed by atoms with van der Waals surface area (Å²) in [4.78, 5) is 9.51. The Balaban J connectivity index is 0.00000245. The molecule has 5 rings (SSSR count). The summed E-state index contributed by atoms with van der Waals surface area (Å²) in [5.41, 5.74) is 7.46. The average molecular weight is 432 g/mol. The van der Waals surface area contributed by atoms with Crippen molar-refractivity contribution in [1.82, 2.24) is 35.2 Å². The number of H-pyrrole nitrogens is 1. The van der Waals surface area contributed by atoms with Crippen LogP contribution in [0.3, 0.4) is 0 Å². The molecule has 0 amide bonds. The molecule has 0 fully saturated rings. The summed E-state index contributed by atoms with van der Waals surface area (Å²) < 4.78 is 2.24. The van der Waals surface area contributed by atoms with Crippen molar-refractivity contribution >= 4 is 40.7 Å². The number of imidazole rings is 1. The molecule has 32 heavy (non-hydrogen) atoms. The Morgan fingerprint density at radius 2 is 1.75 bits per heavy atom. The molecule has 0 unspecified atom stereocenters. The molecule has 0 saturated carbocycles. The summed E-state index contributed by atoms with van der Waals surface area (Å²) in [6.07, 6.45) is 3.85. The quantitative estimate of drug-likeness (QED) is 0.406. The molecule has 8 heteroatoms. The second kappa shape index (κ2) is 9.73. The first-order valence-electron chi connectivity index (χ1n) is 10.5. The maximum atomic E-state index is 4.88. The van der Waals surface area contributed by atoms with Gasteiger partial charge in [0.1, 0.15) is 11.3 Å². The van der Waals surface area contributed by atoms with Gasteiger partial charge in [-0.15, -0.1) is 10.2 Å². The Morgan fingerprint density at radius 1 is 0.969 bits per heavy atom. The van der Waals surface area contributed by atoms with E-state index in [1.54, 1.807) is 0 Å². The minimum atomic E-state index is 0. The maximum absolute atomic E-state index is 4.88. The van der Waals surface area contributed by atoms with Gasteiger partial charge in [-0.2, -0.15) is 5.21 Å². The molecule has 0 atom stereocenters. The molecule has 5 aromatic rings. The largest absolute Gasteiger partial charge is 0.308 e. The summed E-state index contributed by atoms with van der Waals surface area (Å²) in [6.45, 7) is 5.02. The van der Waals surface area contributed by atoms with Gasteiger partial charge < -0.3 is 4.57 Å². The van der Waals surface area contributed by atoms with Crippen molar-refractivity contribution in [3.63, 3.8) is 0 Å². The Kier molecular flexibility index (Phi) is 6.79. The van der Waals surface area contributed by atoms with Crippen molar-refractivity contribution in [1.29, 1.82) is 0 Å². The van der Waals surface area contributed by atoms with Crippen molar-refractivity contribution in [3.05, 3.63) is 77.7 Å². The number of aromatic amines is 1. The fourth-order valence-corrected chi connectivity index (χ4v) is 3.94. The van der Waals surface area contributed by atoms with Crippen LogP contribution in [0, 0.1) is 6.92 Å². The number of aryl methyl sites for hydroxylation is 2. The summed E-state index contributed by atoms with van der Waals surface area (Å²) in [5, 5.41) is 14.5. The number of nitrogens with one attached hydrogen (secondary N) is 1. The molecule has 0 bridgehead atoms. The van der Waals surface area contributed by atoms with Gasteiger partial charge >= 0.3 is 0 Å². The van der Waals surface area contributed by atoms with Crippen LogP contribution >= 0.6 is 0 Å². The van der Waals surface area contributed by atoms with E-state index in [1.165, 1.54) is 5.56 Å². The maximum Gasteiger partial charge on any atom is 0.205 e. The SMILES string of the molecule is CCCc1nc2c(C)ccnc2n1Cc1ccc(-c2ccccc2-c2nn[nH]n2)cc1.[Na]. The summed E-state index contributed by atoms with van der Waals surface area (Å²) >= 11 is 0. The van der Waals surface area contributed by atoms with E-state index in [0.29, 0.717) is 5.82 Å². The molecule has 1 N–H and O–H groups in total. The number of nitrogens with zero attached hydrogens (tertiary/aromatic N) is 6. The van der Waals surface area contributed by atoms with Crippen LogP contribution in [0.5, 0.6) is 0 Å². The minimum Gasteiger partial charge on any atom is -0.308 e. The van der Waals surface area contributed by atoms with Crippen LogP contribution in [-0.2, 0) is 13.0 Å². The Labute approximate surface area is 208 Å². The zero-order chi connectivity index (χ0) is 21.2. The van der Waals surface area contributed by atoms with Crippen molar-refractivity contribution in [3.8, 4) is 22.5 Å². The number of tetrazole rings is 1. The Morgan fingerprint density at radius 3 is 2.47 bits per heavy atom. The number of rotatable bonds is 6. The molecule has 0 aliphatic rings. The molecule has 2 aromatic carbocycles. The third kappa shape index (κ3) is 4.24. The van der Waals surface area contributed by atoms with Crippen LogP contribution in [0.4, 0.5) is 0 Å². The van der Waals surface area contributed by atoms with E-state index in [9.17, 15) is 0 Å². The molecule has 0 saturated heterocycles. The first-order chi connectivity index (χ1) is 15.2.